The van der Waals surface area contributed by atoms with Crippen molar-refractivity contribution in [3.05, 3.63) is 64.7 Å². The number of hydrogen-bond donors (Lipinski definition) is 1. The quantitative estimate of drug-likeness (QED) is 0.847. The van der Waals surface area contributed by atoms with Crippen molar-refractivity contribution in [1.29, 1.82) is 0 Å². The highest BCUT2D eigenvalue weighted by Gasteiger charge is 2.14. The van der Waals surface area contributed by atoms with Crippen molar-refractivity contribution in [2.45, 2.75) is 19.8 Å². The minimum atomic E-state index is 0.104. The van der Waals surface area contributed by atoms with E-state index in [0.29, 0.717) is 0 Å². The maximum Gasteiger partial charge on any atom is 0.193 e. The molecule has 0 unspecified atom stereocenters. The monoisotopic (exact) mass is 251 g/mol. The van der Waals surface area contributed by atoms with Crippen LogP contribution in [0.25, 0.3) is 0 Å². The number of ketones is 1. The van der Waals surface area contributed by atoms with Crippen molar-refractivity contribution in [1.82, 2.24) is 0 Å². The molecule has 2 nitrogen and oxygen atoms in total. The smallest absolute Gasteiger partial charge is 0.193 e. The Morgan fingerprint density at radius 1 is 1.16 bits per heavy atom. The molecule has 1 aliphatic heterocycles. The molecule has 0 fully saturated rings. The van der Waals surface area contributed by atoms with Gasteiger partial charge in [-0.05, 0) is 36.1 Å². The highest BCUT2D eigenvalue weighted by molar-refractivity contribution is 6.09. The molecule has 2 heteroatoms. The fourth-order valence-corrected chi connectivity index (χ4v) is 2.53. The predicted molar refractivity (Wildman–Crippen MR) is 77.9 cm³/mol. The van der Waals surface area contributed by atoms with Crippen LogP contribution >= 0.6 is 0 Å². The van der Waals surface area contributed by atoms with E-state index in [2.05, 4.69) is 24.4 Å². The van der Waals surface area contributed by atoms with Gasteiger partial charge in [-0.25, -0.2) is 0 Å². The molecular weight excluding hydrogens is 234 g/mol. The highest BCUT2D eigenvalue weighted by Crippen LogP contribution is 2.24. The number of nitrogens with one attached hydrogen (secondary N) is 1. The molecule has 3 rings (SSSR count). The van der Waals surface area contributed by atoms with Crippen LogP contribution in [0.3, 0.4) is 0 Å². The Bertz CT molecular complexity index is 631. The van der Waals surface area contributed by atoms with E-state index in [9.17, 15) is 4.79 Å². The summed E-state index contributed by atoms with van der Waals surface area (Å²) in [5.41, 5.74) is 5.15. The molecule has 0 aromatic heterocycles. The molecule has 2 aromatic rings. The van der Waals surface area contributed by atoms with Gasteiger partial charge in [-0.15, -0.1) is 0 Å². The number of hydrogen-bond acceptors (Lipinski definition) is 2. The first-order valence-electron chi connectivity index (χ1n) is 6.78. The van der Waals surface area contributed by atoms with Crippen molar-refractivity contribution >= 4 is 11.5 Å². The summed E-state index contributed by atoms with van der Waals surface area (Å²) in [6, 6.07) is 13.9. The number of benzene rings is 2. The van der Waals surface area contributed by atoms with E-state index in [0.717, 1.165) is 36.2 Å². The van der Waals surface area contributed by atoms with Gasteiger partial charge in [0.05, 0.1) is 0 Å². The minimum absolute atomic E-state index is 0.104. The van der Waals surface area contributed by atoms with Gasteiger partial charge in [-0.1, -0.05) is 37.3 Å². The first-order valence-corrected chi connectivity index (χ1v) is 6.78. The number of anilines is 1. The van der Waals surface area contributed by atoms with Gasteiger partial charge >= 0.3 is 0 Å². The maximum atomic E-state index is 12.5. The Labute approximate surface area is 113 Å². The van der Waals surface area contributed by atoms with Crippen LogP contribution in [0.2, 0.25) is 0 Å². The van der Waals surface area contributed by atoms with Crippen molar-refractivity contribution in [3.63, 3.8) is 0 Å². The minimum Gasteiger partial charge on any atom is -0.384 e. The van der Waals surface area contributed by atoms with Crippen molar-refractivity contribution in [3.8, 4) is 0 Å². The van der Waals surface area contributed by atoms with Gasteiger partial charge in [0.1, 0.15) is 0 Å². The van der Waals surface area contributed by atoms with Crippen LogP contribution in [0.5, 0.6) is 0 Å². The lowest BCUT2D eigenvalue weighted by molar-refractivity contribution is 0.103. The van der Waals surface area contributed by atoms with Crippen LogP contribution < -0.4 is 5.32 Å². The van der Waals surface area contributed by atoms with E-state index < -0.39 is 0 Å². The summed E-state index contributed by atoms with van der Waals surface area (Å²) in [5, 5.41) is 3.32. The molecule has 0 atom stereocenters. The molecule has 1 N–H and O–H groups in total. The standard InChI is InChI=1S/C17H17NO/c1-2-12-4-3-5-14(10-12)17(19)15-7-6-13-8-9-18-16(13)11-15/h3-7,10-11,18H,2,8-9H2,1H3. The lowest BCUT2D eigenvalue weighted by atomic mass is 9.99. The largest absolute Gasteiger partial charge is 0.384 e. The van der Waals surface area contributed by atoms with Gasteiger partial charge < -0.3 is 5.32 Å². The highest BCUT2D eigenvalue weighted by atomic mass is 16.1. The van der Waals surface area contributed by atoms with E-state index in [1.165, 1.54) is 11.1 Å². The van der Waals surface area contributed by atoms with Gasteiger partial charge in [0.15, 0.2) is 5.78 Å². The predicted octanol–water partition coefficient (Wildman–Crippen LogP) is 3.45. The molecule has 1 aliphatic rings. The molecule has 2 aromatic carbocycles. The summed E-state index contributed by atoms with van der Waals surface area (Å²) < 4.78 is 0. The average molecular weight is 251 g/mol. The number of fused-ring (bicyclic) bond motifs is 1. The first-order chi connectivity index (χ1) is 9.28. The topological polar surface area (TPSA) is 29.1 Å². The number of carbonyl (C=O) groups excluding carboxylic acids is 1. The van der Waals surface area contributed by atoms with Gasteiger partial charge in [0.2, 0.25) is 0 Å². The normalized spacial score (nSPS) is 12.9. The molecule has 0 aliphatic carbocycles. The van der Waals surface area contributed by atoms with Gasteiger partial charge in [0, 0.05) is 23.4 Å². The molecule has 19 heavy (non-hydrogen) atoms. The Kier molecular flexibility index (Phi) is 3.08. The summed E-state index contributed by atoms with van der Waals surface area (Å²) in [7, 11) is 0. The molecule has 1 heterocycles. The molecule has 0 amide bonds. The van der Waals surface area contributed by atoms with Crippen LogP contribution in [-0.2, 0) is 12.8 Å². The Morgan fingerprint density at radius 3 is 2.84 bits per heavy atom. The maximum absolute atomic E-state index is 12.5. The van der Waals surface area contributed by atoms with E-state index in [1.807, 2.05) is 30.3 Å². The number of carbonyl (C=O) groups is 1. The third-order valence-corrected chi connectivity index (χ3v) is 3.68. The van der Waals surface area contributed by atoms with E-state index in [1.54, 1.807) is 0 Å². The fraction of sp³-hybridized carbons (Fsp3) is 0.235. The van der Waals surface area contributed by atoms with E-state index >= 15 is 0 Å². The second-order valence-electron chi connectivity index (χ2n) is 4.93. The summed E-state index contributed by atoms with van der Waals surface area (Å²) in [4.78, 5) is 12.5. The van der Waals surface area contributed by atoms with Crippen LogP contribution in [0.4, 0.5) is 5.69 Å². The summed E-state index contributed by atoms with van der Waals surface area (Å²) >= 11 is 0. The number of aryl methyl sites for hydroxylation is 1. The molecule has 96 valence electrons. The summed E-state index contributed by atoms with van der Waals surface area (Å²) in [6.45, 7) is 3.07. The van der Waals surface area contributed by atoms with Crippen LogP contribution in [-0.4, -0.2) is 12.3 Å². The Hall–Kier alpha value is -2.09. The SMILES string of the molecule is CCc1cccc(C(=O)c2ccc3c(c2)NCC3)c1. The van der Waals surface area contributed by atoms with E-state index in [-0.39, 0.29) is 5.78 Å². The molecule has 0 radical (unpaired) electrons. The first kappa shape index (κ1) is 12.0. The second kappa shape index (κ2) is 4.88. The zero-order valence-electron chi connectivity index (χ0n) is 11.1. The summed E-state index contributed by atoms with van der Waals surface area (Å²) in [6.07, 6.45) is 2.00. The molecule has 0 saturated carbocycles. The van der Waals surface area contributed by atoms with Crippen LogP contribution in [0.1, 0.15) is 34.0 Å². The molecule has 0 saturated heterocycles. The lowest BCUT2D eigenvalue weighted by Crippen LogP contribution is -2.02. The van der Waals surface area contributed by atoms with Crippen LogP contribution in [0.15, 0.2) is 42.5 Å². The number of rotatable bonds is 3. The Morgan fingerprint density at radius 2 is 2.00 bits per heavy atom. The van der Waals surface area contributed by atoms with Crippen LogP contribution in [0, 0.1) is 0 Å². The van der Waals surface area contributed by atoms with Crippen molar-refractivity contribution < 1.29 is 4.79 Å². The van der Waals surface area contributed by atoms with E-state index in [4.69, 9.17) is 0 Å². The van der Waals surface area contributed by atoms with Gasteiger partial charge in [-0.3, -0.25) is 4.79 Å². The zero-order valence-corrected chi connectivity index (χ0v) is 11.1. The molecule has 0 bridgehead atoms. The van der Waals surface area contributed by atoms with Crippen molar-refractivity contribution in [2.24, 2.45) is 0 Å². The average Bonchev–Trinajstić information content (AvgIpc) is 2.94. The Balaban J connectivity index is 1.95. The molecule has 0 spiro atoms. The lowest BCUT2D eigenvalue weighted by Gasteiger charge is -2.06. The third kappa shape index (κ3) is 2.26. The van der Waals surface area contributed by atoms with Gasteiger partial charge in [-0.2, -0.15) is 0 Å². The fourth-order valence-electron chi connectivity index (χ4n) is 2.53. The second-order valence-corrected chi connectivity index (χ2v) is 4.93. The van der Waals surface area contributed by atoms with Gasteiger partial charge in [0.25, 0.3) is 0 Å². The third-order valence-electron chi connectivity index (χ3n) is 3.68. The summed E-state index contributed by atoms with van der Waals surface area (Å²) in [5.74, 6) is 0.104. The van der Waals surface area contributed by atoms with Crippen molar-refractivity contribution in [2.75, 3.05) is 11.9 Å². The molecular formula is C17H17NO. The zero-order chi connectivity index (χ0) is 13.2.